The van der Waals surface area contributed by atoms with Crippen LogP contribution >= 0.6 is 0 Å². The van der Waals surface area contributed by atoms with Crippen molar-refractivity contribution in [2.45, 2.75) is 50.3 Å². The zero-order chi connectivity index (χ0) is 16.8. The minimum absolute atomic E-state index is 0.00216. The fourth-order valence-electron chi connectivity index (χ4n) is 3.37. The molecule has 1 aliphatic carbocycles. The van der Waals surface area contributed by atoms with Crippen molar-refractivity contribution in [1.82, 2.24) is 5.32 Å². The van der Waals surface area contributed by atoms with Gasteiger partial charge in [-0.1, -0.05) is 66.8 Å². The van der Waals surface area contributed by atoms with Crippen LogP contribution in [0.4, 0.5) is 0 Å². The van der Waals surface area contributed by atoms with Gasteiger partial charge in [-0.2, -0.15) is 0 Å². The first kappa shape index (κ1) is 16.8. The molecule has 2 N–H and O–H groups in total. The summed E-state index contributed by atoms with van der Waals surface area (Å²) < 4.78 is 0. The first-order valence-corrected chi connectivity index (χ1v) is 8.79. The second kappa shape index (κ2) is 7.66. The summed E-state index contributed by atoms with van der Waals surface area (Å²) in [5.74, 6) is 6.32. The Morgan fingerprint density at radius 1 is 1.04 bits per heavy atom. The van der Waals surface area contributed by atoms with Crippen molar-refractivity contribution in [3.63, 3.8) is 0 Å². The molecule has 0 radical (unpaired) electrons. The summed E-state index contributed by atoms with van der Waals surface area (Å²) >= 11 is 0. The summed E-state index contributed by atoms with van der Waals surface area (Å²) in [6, 6.07) is 20.4. The lowest BCUT2D eigenvalue weighted by Gasteiger charge is -2.38. The van der Waals surface area contributed by atoms with Gasteiger partial charge < -0.3 is 10.4 Å². The van der Waals surface area contributed by atoms with E-state index >= 15 is 0 Å². The molecule has 2 heteroatoms. The third-order valence-electron chi connectivity index (χ3n) is 4.83. The van der Waals surface area contributed by atoms with Crippen molar-refractivity contribution in [2.75, 3.05) is 0 Å². The molecule has 0 heterocycles. The average Bonchev–Trinajstić information content (AvgIpc) is 2.64. The van der Waals surface area contributed by atoms with Crippen LogP contribution in [-0.2, 0) is 0 Å². The maximum Gasteiger partial charge on any atom is 0.141 e. The Hall–Kier alpha value is -2.08. The Kier molecular flexibility index (Phi) is 5.35. The van der Waals surface area contributed by atoms with E-state index in [1.807, 2.05) is 36.4 Å². The second-order valence-electron chi connectivity index (χ2n) is 6.64. The number of benzene rings is 2. The highest BCUT2D eigenvalue weighted by Gasteiger charge is 2.38. The minimum atomic E-state index is -0.961. The van der Waals surface area contributed by atoms with Crippen LogP contribution in [0.3, 0.4) is 0 Å². The van der Waals surface area contributed by atoms with Gasteiger partial charge >= 0.3 is 0 Å². The molecule has 0 aromatic heterocycles. The molecule has 2 aromatic carbocycles. The standard InChI is InChI=1S/C22H25NO/c1-18(20-12-6-3-7-13-20)23-21-14-8-9-16-22(21,24)17-15-19-10-4-2-5-11-19/h2-7,10-13,18,21,23-24H,8-9,14,16H2,1H3/t18-,21-,22+/m1/s1. The first-order valence-electron chi connectivity index (χ1n) is 8.79. The third kappa shape index (κ3) is 4.06. The minimum Gasteiger partial charge on any atom is -0.376 e. The molecule has 2 aromatic rings. The molecule has 0 unspecified atom stereocenters. The van der Waals surface area contributed by atoms with Crippen molar-refractivity contribution < 1.29 is 5.11 Å². The maximum atomic E-state index is 11.2. The Morgan fingerprint density at radius 2 is 1.71 bits per heavy atom. The number of rotatable bonds is 3. The second-order valence-corrected chi connectivity index (χ2v) is 6.64. The molecule has 0 aliphatic heterocycles. The number of aliphatic hydroxyl groups is 1. The smallest absolute Gasteiger partial charge is 0.141 e. The van der Waals surface area contributed by atoms with Gasteiger partial charge in [-0.05, 0) is 43.9 Å². The SMILES string of the molecule is C[C@@H](N[C@@H]1CCCC[C@]1(O)C#Cc1ccccc1)c1ccccc1. The van der Waals surface area contributed by atoms with Crippen molar-refractivity contribution in [1.29, 1.82) is 0 Å². The molecule has 0 spiro atoms. The summed E-state index contributed by atoms with van der Waals surface area (Å²) in [4.78, 5) is 0. The van der Waals surface area contributed by atoms with Gasteiger partial charge in [-0.25, -0.2) is 0 Å². The summed E-state index contributed by atoms with van der Waals surface area (Å²) in [7, 11) is 0. The van der Waals surface area contributed by atoms with Crippen LogP contribution in [-0.4, -0.2) is 16.7 Å². The van der Waals surface area contributed by atoms with E-state index in [-0.39, 0.29) is 12.1 Å². The van der Waals surface area contributed by atoms with E-state index in [1.165, 1.54) is 5.56 Å². The summed E-state index contributed by atoms with van der Waals surface area (Å²) in [6.45, 7) is 2.15. The molecular formula is C22H25NO. The third-order valence-corrected chi connectivity index (χ3v) is 4.83. The van der Waals surface area contributed by atoms with E-state index in [9.17, 15) is 5.11 Å². The largest absolute Gasteiger partial charge is 0.376 e. The molecule has 1 fully saturated rings. The lowest BCUT2D eigenvalue weighted by Crippen LogP contribution is -2.52. The molecule has 124 valence electrons. The highest BCUT2D eigenvalue weighted by Crippen LogP contribution is 2.30. The number of nitrogens with one attached hydrogen (secondary N) is 1. The lowest BCUT2D eigenvalue weighted by molar-refractivity contribution is 0.0221. The normalized spacial score (nSPS) is 24.7. The molecule has 2 nitrogen and oxygen atoms in total. The summed E-state index contributed by atoms with van der Waals surface area (Å²) in [5.41, 5.74) is 1.23. The number of hydrogen-bond acceptors (Lipinski definition) is 2. The van der Waals surface area contributed by atoms with Crippen LogP contribution in [0.2, 0.25) is 0 Å². The van der Waals surface area contributed by atoms with Crippen LogP contribution in [0.25, 0.3) is 0 Å². The van der Waals surface area contributed by atoms with Crippen LogP contribution in [0.1, 0.15) is 49.8 Å². The zero-order valence-electron chi connectivity index (χ0n) is 14.2. The van der Waals surface area contributed by atoms with E-state index < -0.39 is 5.60 Å². The molecule has 0 amide bonds. The van der Waals surface area contributed by atoms with Gasteiger partial charge in [0.05, 0.1) is 0 Å². The van der Waals surface area contributed by atoms with Crippen LogP contribution in [0.15, 0.2) is 60.7 Å². The quantitative estimate of drug-likeness (QED) is 0.836. The van der Waals surface area contributed by atoms with Gasteiger partial charge in [0.1, 0.15) is 5.60 Å². The Bertz CT molecular complexity index is 701. The van der Waals surface area contributed by atoms with Crippen molar-refractivity contribution in [3.8, 4) is 11.8 Å². The van der Waals surface area contributed by atoms with Crippen molar-refractivity contribution >= 4 is 0 Å². The van der Waals surface area contributed by atoms with E-state index in [0.29, 0.717) is 0 Å². The Balaban J connectivity index is 1.76. The molecule has 24 heavy (non-hydrogen) atoms. The summed E-state index contributed by atoms with van der Waals surface area (Å²) in [5, 5.41) is 14.8. The maximum absolute atomic E-state index is 11.2. The van der Waals surface area contributed by atoms with Crippen LogP contribution < -0.4 is 5.32 Å². The topological polar surface area (TPSA) is 32.3 Å². The van der Waals surface area contributed by atoms with Crippen LogP contribution in [0, 0.1) is 11.8 Å². The average molecular weight is 319 g/mol. The first-order chi connectivity index (χ1) is 11.7. The molecule has 1 saturated carbocycles. The molecule has 3 rings (SSSR count). The number of hydrogen-bond donors (Lipinski definition) is 2. The monoisotopic (exact) mass is 319 g/mol. The van der Waals surface area contributed by atoms with Gasteiger partial charge in [0.25, 0.3) is 0 Å². The van der Waals surface area contributed by atoms with Crippen LogP contribution in [0.5, 0.6) is 0 Å². The summed E-state index contributed by atoms with van der Waals surface area (Å²) in [6.07, 6.45) is 3.84. The van der Waals surface area contributed by atoms with E-state index in [0.717, 1.165) is 31.2 Å². The highest BCUT2D eigenvalue weighted by molar-refractivity contribution is 5.37. The highest BCUT2D eigenvalue weighted by atomic mass is 16.3. The fourth-order valence-corrected chi connectivity index (χ4v) is 3.37. The molecule has 0 saturated heterocycles. The van der Waals surface area contributed by atoms with Gasteiger partial charge in [-0.3, -0.25) is 0 Å². The van der Waals surface area contributed by atoms with Gasteiger partial charge in [0, 0.05) is 17.6 Å². The predicted molar refractivity (Wildman–Crippen MR) is 98.5 cm³/mol. The van der Waals surface area contributed by atoms with E-state index in [2.05, 4.69) is 48.3 Å². The predicted octanol–water partition coefficient (Wildman–Crippen LogP) is 4.06. The van der Waals surface area contributed by atoms with E-state index in [4.69, 9.17) is 0 Å². The molecule has 0 bridgehead atoms. The zero-order valence-corrected chi connectivity index (χ0v) is 14.2. The van der Waals surface area contributed by atoms with E-state index in [1.54, 1.807) is 0 Å². The Labute approximate surface area is 144 Å². The van der Waals surface area contributed by atoms with Crippen molar-refractivity contribution in [3.05, 3.63) is 71.8 Å². The molecule has 3 atom stereocenters. The van der Waals surface area contributed by atoms with Gasteiger partial charge in [-0.15, -0.1) is 0 Å². The Morgan fingerprint density at radius 3 is 2.42 bits per heavy atom. The fraction of sp³-hybridized carbons (Fsp3) is 0.364. The molecular weight excluding hydrogens is 294 g/mol. The van der Waals surface area contributed by atoms with Gasteiger partial charge in [0.15, 0.2) is 0 Å². The lowest BCUT2D eigenvalue weighted by atomic mass is 9.80. The van der Waals surface area contributed by atoms with Crippen molar-refractivity contribution in [2.24, 2.45) is 0 Å². The van der Waals surface area contributed by atoms with Gasteiger partial charge in [0.2, 0.25) is 0 Å². The molecule has 1 aliphatic rings.